The van der Waals surface area contributed by atoms with Crippen LogP contribution in [0.1, 0.15) is 22.6 Å². The summed E-state index contributed by atoms with van der Waals surface area (Å²) in [4.78, 5) is 19.4. The van der Waals surface area contributed by atoms with Gasteiger partial charge in [-0.05, 0) is 32.9 Å². The smallest absolute Gasteiger partial charge is 0.261 e. The molecule has 1 N–H and O–H groups in total. The van der Waals surface area contributed by atoms with Crippen LogP contribution in [-0.2, 0) is 0 Å². The second-order valence-corrected chi connectivity index (χ2v) is 5.72. The summed E-state index contributed by atoms with van der Waals surface area (Å²) in [7, 11) is 0. The molecule has 0 bridgehead atoms. The van der Waals surface area contributed by atoms with E-state index >= 15 is 0 Å². The highest BCUT2D eigenvalue weighted by atomic mass is 16.6. The molecule has 9 heteroatoms. The molecule has 0 fully saturated rings. The minimum Gasteiger partial charge on any atom is -0.261 e. The van der Waals surface area contributed by atoms with Crippen molar-refractivity contribution in [3.63, 3.8) is 0 Å². The van der Waals surface area contributed by atoms with E-state index in [0.717, 1.165) is 17.1 Å². The molecule has 9 nitrogen and oxygen atoms in total. The Kier molecular flexibility index (Phi) is 4.70. The van der Waals surface area contributed by atoms with Crippen molar-refractivity contribution in [1.29, 1.82) is 0 Å². The fourth-order valence-corrected chi connectivity index (χ4v) is 2.47. The Bertz CT molecular complexity index is 995. The van der Waals surface area contributed by atoms with Gasteiger partial charge < -0.3 is 0 Å². The Morgan fingerprint density at radius 3 is 2.62 bits per heavy atom. The molecule has 0 amide bonds. The highest BCUT2D eigenvalue weighted by Gasteiger charge is 2.11. The second-order valence-electron chi connectivity index (χ2n) is 5.72. The predicted molar refractivity (Wildman–Crippen MR) is 97.7 cm³/mol. The fraction of sp³-hybridized carbons (Fsp3) is 0.176. The number of hydrazone groups is 1. The fourth-order valence-electron chi connectivity index (χ4n) is 2.47. The van der Waals surface area contributed by atoms with Gasteiger partial charge in [0.2, 0.25) is 0 Å². The maximum absolute atomic E-state index is 11.0. The van der Waals surface area contributed by atoms with Gasteiger partial charge in [0.05, 0.1) is 22.4 Å². The molecule has 2 heterocycles. The molecular weight excluding hydrogens is 334 g/mol. The van der Waals surface area contributed by atoms with Gasteiger partial charge in [-0.2, -0.15) is 15.2 Å². The summed E-state index contributed by atoms with van der Waals surface area (Å²) < 4.78 is 1.65. The number of anilines is 1. The van der Waals surface area contributed by atoms with Gasteiger partial charge in [0.15, 0.2) is 5.82 Å². The quantitative estimate of drug-likeness (QED) is 0.430. The Morgan fingerprint density at radius 2 is 1.92 bits per heavy atom. The van der Waals surface area contributed by atoms with Crippen LogP contribution in [0.4, 0.5) is 11.5 Å². The molecule has 0 aliphatic carbocycles. The molecule has 1 aromatic carbocycles. The molecule has 0 aliphatic rings. The number of hydrogen-bond donors (Lipinski definition) is 1. The molecular formula is C17H17N7O2. The third kappa shape index (κ3) is 3.72. The monoisotopic (exact) mass is 351 g/mol. The molecule has 0 spiro atoms. The molecule has 0 saturated carbocycles. The van der Waals surface area contributed by atoms with Gasteiger partial charge in [-0.25, -0.2) is 9.67 Å². The summed E-state index contributed by atoms with van der Waals surface area (Å²) in [6.07, 6.45) is 1.39. The van der Waals surface area contributed by atoms with Crippen molar-refractivity contribution in [2.75, 3.05) is 5.43 Å². The predicted octanol–water partition coefficient (Wildman–Crippen LogP) is 2.94. The van der Waals surface area contributed by atoms with E-state index in [2.05, 4.69) is 25.6 Å². The van der Waals surface area contributed by atoms with Crippen molar-refractivity contribution >= 4 is 17.7 Å². The van der Waals surface area contributed by atoms with Crippen molar-refractivity contribution in [3.05, 3.63) is 69.2 Å². The van der Waals surface area contributed by atoms with E-state index in [9.17, 15) is 10.1 Å². The van der Waals surface area contributed by atoms with E-state index in [-0.39, 0.29) is 5.69 Å². The van der Waals surface area contributed by atoms with Gasteiger partial charge in [-0.15, -0.1) is 0 Å². The first-order valence-corrected chi connectivity index (χ1v) is 7.86. The van der Waals surface area contributed by atoms with Crippen molar-refractivity contribution in [2.45, 2.75) is 20.8 Å². The highest BCUT2D eigenvalue weighted by molar-refractivity contribution is 5.85. The zero-order chi connectivity index (χ0) is 18.7. The van der Waals surface area contributed by atoms with Crippen LogP contribution < -0.4 is 5.43 Å². The zero-order valence-corrected chi connectivity index (χ0v) is 14.5. The first-order chi connectivity index (χ1) is 12.4. The van der Waals surface area contributed by atoms with E-state index in [1.807, 2.05) is 26.8 Å². The lowest BCUT2D eigenvalue weighted by atomic mass is 10.2. The molecule has 0 saturated heterocycles. The lowest BCUT2D eigenvalue weighted by Crippen LogP contribution is -2.08. The van der Waals surface area contributed by atoms with Crippen LogP contribution in [-0.4, -0.2) is 30.9 Å². The molecule has 0 unspecified atom stereocenters. The number of aryl methyl sites for hydroxylation is 3. The van der Waals surface area contributed by atoms with E-state index in [0.29, 0.717) is 17.3 Å². The van der Waals surface area contributed by atoms with E-state index in [1.54, 1.807) is 28.9 Å². The average Bonchev–Trinajstić information content (AvgIpc) is 2.93. The minimum absolute atomic E-state index is 0.0137. The van der Waals surface area contributed by atoms with Gasteiger partial charge in [0.25, 0.3) is 11.6 Å². The van der Waals surface area contributed by atoms with E-state index in [4.69, 9.17) is 0 Å². The largest absolute Gasteiger partial charge is 0.278 e. The van der Waals surface area contributed by atoms with E-state index in [1.165, 1.54) is 12.3 Å². The third-order valence-electron chi connectivity index (χ3n) is 3.56. The van der Waals surface area contributed by atoms with Crippen molar-refractivity contribution in [3.8, 4) is 5.95 Å². The first-order valence-electron chi connectivity index (χ1n) is 7.86. The molecule has 2 aromatic heterocycles. The summed E-state index contributed by atoms with van der Waals surface area (Å²) in [6, 6.07) is 10.0. The van der Waals surface area contributed by atoms with Crippen LogP contribution in [0.15, 0.2) is 41.5 Å². The molecule has 0 atom stereocenters. The summed E-state index contributed by atoms with van der Waals surface area (Å²) in [5, 5.41) is 19.5. The number of nitro groups is 1. The third-order valence-corrected chi connectivity index (χ3v) is 3.56. The van der Waals surface area contributed by atoms with Crippen LogP contribution in [0.2, 0.25) is 0 Å². The first kappa shape index (κ1) is 17.2. The number of nitrogens with one attached hydrogen (secondary N) is 1. The molecule has 3 aromatic rings. The molecule has 0 aliphatic heterocycles. The maximum atomic E-state index is 11.0. The van der Waals surface area contributed by atoms with Gasteiger partial charge in [0, 0.05) is 23.5 Å². The minimum atomic E-state index is -0.447. The van der Waals surface area contributed by atoms with Crippen molar-refractivity contribution in [1.82, 2.24) is 19.7 Å². The molecule has 0 radical (unpaired) electrons. The molecule has 26 heavy (non-hydrogen) atoms. The number of nitrogens with zero attached hydrogens (tertiary/aromatic N) is 6. The second kappa shape index (κ2) is 7.09. The van der Waals surface area contributed by atoms with Gasteiger partial charge >= 0.3 is 0 Å². The van der Waals surface area contributed by atoms with Crippen LogP contribution >= 0.6 is 0 Å². The SMILES string of the molecule is Cc1cc(N/N=C\c2ccccc2[N+](=O)[O-])nc(-n2nc(C)cc2C)n1. The van der Waals surface area contributed by atoms with Crippen LogP contribution in [0.25, 0.3) is 5.95 Å². The molecule has 3 rings (SSSR count). The lowest BCUT2D eigenvalue weighted by molar-refractivity contribution is -0.385. The highest BCUT2D eigenvalue weighted by Crippen LogP contribution is 2.16. The number of rotatable bonds is 5. The van der Waals surface area contributed by atoms with Crippen molar-refractivity contribution < 1.29 is 4.92 Å². The number of hydrogen-bond acceptors (Lipinski definition) is 7. The van der Waals surface area contributed by atoms with Gasteiger partial charge in [-0.1, -0.05) is 12.1 Å². The summed E-state index contributed by atoms with van der Waals surface area (Å²) in [5.74, 6) is 0.897. The standard InChI is InChI=1S/C17H17N7O2/c1-11-9-16(20-17(19-11)23-13(3)8-12(2)22-23)21-18-10-14-6-4-5-7-15(14)24(25)26/h4-10H,1-3H3,(H,19,20,21)/b18-10-. The van der Waals surface area contributed by atoms with Gasteiger partial charge in [-0.3, -0.25) is 15.5 Å². The number of para-hydroxylation sites is 1. The van der Waals surface area contributed by atoms with Crippen LogP contribution in [0, 0.1) is 30.9 Å². The van der Waals surface area contributed by atoms with Crippen LogP contribution in [0.3, 0.4) is 0 Å². The number of aromatic nitrogens is 4. The summed E-state index contributed by atoms with van der Waals surface area (Å²) in [6.45, 7) is 5.66. The van der Waals surface area contributed by atoms with Crippen molar-refractivity contribution in [2.24, 2.45) is 5.10 Å². The maximum Gasteiger partial charge on any atom is 0.278 e. The molecule has 132 valence electrons. The topological polar surface area (TPSA) is 111 Å². The summed E-state index contributed by atoms with van der Waals surface area (Å²) in [5.41, 5.74) is 5.71. The Hall–Kier alpha value is -3.62. The van der Waals surface area contributed by atoms with Crippen LogP contribution in [0.5, 0.6) is 0 Å². The van der Waals surface area contributed by atoms with Gasteiger partial charge in [0.1, 0.15) is 0 Å². The number of benzene rings is 1. The number of nitro benzene ring substituents is 1. The average molecular weight is 351 g/mol. The zero-order valence-electron chi connectivity index (χ0n) is 14.5. The lowest BCUT2D eigenvalue weighted by Gasteiger charge is -2.06. The van der Waals surface area contributed by atoms with E-state index < -0.39 is 4.92 Å². The summed E-state index contributed by atoms with van der Waals surface area (Å²) >= 11 is 0. The normalized spacial score (nSPS) is 11.0. The Balaban J connectivity index is 1.85. The Morgan fingerprint density at radius 1 is 1.15 bits per heavy atom. The Labute approximate surface area is 149 Å².